The summed E-state index contributed by atoms with van der Waals surface area (Å²) in [6.45, 7) is 2.92. The van der Waals surface area contributed by atoms with Gasteiger partial charge in [-0.1, -0.05) is 18.2 Å². The molecule has 2 aromatic carbocycles. The first-order chi connectivity index (χ1) is 12.0. The highest BCUT2D eigenvalue weighted by molar-refractivity contribution is 5.86. The van der Waals surface area contributed by atoms with Gasteiger partial charge in [-0.15, -0.1) is 0 Å². The van der Waals surface area contributed by atoms with E-state index in [9.17, 15) is 0 Å². The van der Waals surface area contributed by atoms with Gasteiger partial charge in [0.2, 0.25) is 0 Å². The first-order valence-electron chi connectivity index (χ1n) is 8.30. The van der Waals surface area contributed by atoms with Crippen LogP contribution in [0.15, 0.2) is 42.5 Å². The second-order valence-corrected chi connectivity index (χ2v) is 6.45. The van der Waals surface area contributed by atoms with E-state index in [2.05, 4.69) is 50.2 Å². The van der Waals surface area contributed by atoms with Crippen LogP contribution in [0.2, 0.25) is 0 Å². The lowest BCUT2D eigenvalue weighted by Gasteiger charge is -2.17. The van der Waals surface area contributed by atoms with E-state index in [1.54, 1.807) is 14.2 Å². The summed E-state index contributed by atoms with van der Waals surface area (Å²) in [4.78, 5) is 7.16. The van der Waals surface area contributed by atoms with Gasteiger partial charge in [-0.2, -0.15) is 0 Å². The van der Waals surface area contributed by atoms with Crippen molar-refractivity contribution < 1.29 is 9.47 Å². The van der Waals surface area contributed by atoms with Crippen molar-refractivity contribution in [2.45, 2.75) is 13.5 Å². The summed E-state index contributed by atoms with van der Waals surface area (Å²) in [6, 6.07) is 14.5. The first-order valence-corrected chi connectivity index (χ1v) is 8.30. The molecule has 4 heteroatoms. The Kier molecular flexibility index (Phi) is 4.91. The van der Waals surface area contributed by atoms with Gasteiger partial charge in [-0.05, 0) is 56.4 Å². The van der Waals surface area contributed by atoms with Gasteiger partial charge in [0.15, 0.2) is 11.5 Å². The molecule has 3 aromatic rings. The minimum absolute atomic E-state index is 0.711. The largest absolute Gasteiger partial charge is 0.493 e. The van der Waals surface area contributed by atoms with Crippen molar-refractivity contribution >= 4 is 10.9 Å². The molecular formula is C21H24N2O2. The molecule has 0 N–H and O–H groups in total. The Bertz CT molecular complexity index is 904. The topological polar surface area (TPSA) is 34.6 Å². The van der Waals surface area contributed by atoms with Crippen LogP contribution in [0.4, 0.5) is 0 Å². The molecule has 0 unspecified atom stereocenters. The molecule has 1 heterocycles. The second kappa shape index (κ2) is 7.11. The van der Waals surface area contributed by atoms with E-state index in [-0.39, 0.29) is 0 Å². The van der Waals surface area contributed by atoms with Crippen LogP contribution in [0.5, 0.6) is 11.5 Å². The fourth-order valence-corrected chi connectivity index (χ4v) is 3.09. The standard InChI is InChI=1S/C21H24N2O2/c1-14-7-6-8-15-11-17(13-23(2)3)21(22-20(14)15)16-9-10-18(24-4)19(12-16)25-5/h6-12H,13H2,1-5H3. The molecule has 25 heavy (non-hydrogen) atoms. The summed E-state index contributed by atoms with van der Waals surface area (Å²) in [7, 11) is 7.44. The van der Waals surface area contributed by atoms with Crippen LogP contribution in [0.1, 0.15) is 11.1 Å². The smallest absolute Gasteiger partial charge is 0.161 e. The molecule has 0 aliphatic carbocycles. The van der Waals surface area contributed by atoms with E-state index in [0.717, 1.165) is 29.1 Å². The van der Waals surface area contributed by atoms with E-state index >= 15 is 0 Å². The lowest BCUT2D eigenvalue weighted by atomic mass is 10.0. The molecule has 0 aliphatic rings. The van der Waals surface area contributed by atoms with Gasteiger partial charge in [-0.3, -0.25) is 0 Å². The van der Waals surface area contributed by atoms with Gasteiger partial charge in [0.25, 0.3) is 0 Å². The third kappa shape index (κ3) is 3.44. The summed E-state index contributed by atoms with van der Waals surface area (Å²) < 4.78 is 10.8. The Hall–Kier alpha value is -2.59. The van der Waals surface area contributed by atoms with E-state index in [1.807, 2.05) is 18.2 Å². The Balaban J connectivity index is 2.24. The molecule has 1 aromatic heterocycles. The maximum atomic E-state index is 5.47. The summed E-state index contributed by atoms with van der Waals surface area (Å²) in [5.41, 5.74) is 5.41. The molecule has 0 fully saturated rings. The van der Waals surface area contributed by atoms with Crippen molar-refractivity contribution in [3.05, 3.63) is 53.6 Å². The number of methoxy groups -OCH3 is 2. The van der Waals surface area contributed by atoms with Crippen LogP contribution < -0.4 is 9.47 Å². The van der Waals surface area contributed by atoms with Gasteiger partial charge in [0.05, 0.1) is 25.4 Å². The van der Waals surface area contributed by atoms with E-state index in [4.69, 9.17) is 14.5 Å². The van der Waals surface area contributed by atoms with Crippen LogP contribution in [-0.2, 0) is 6.54 Å². The molecule has 0 bridgehead atoms. The summed E-state index contributed by atoms with van der Waals surface area (Å²) in [5.74, 6) is 1.43. The molecule has 0 amide bonds. The average Bonchev–Trinajstić information content (AvgIpc) is 2.60. The quantitative estimate of drug-likeness (QED) is 0.696. The molecule has 0 spiro atoms. The van der Waals surface area contributed by atoms with Crippen molar-refractivity contribution in [3.8, 4) is 22.8 Å². The number of pyridine rings is 1. The number of hydrogen-bond acceptors (Lipinski definition) is 4. The number of benzene rings is 2. The normalized spacial score (nSPS) is 11.1. The van der Waals surface area contributed by atoms with Gasteiger partial charge < -0.3 is 14.4 Å². The SMILES string of the molecule is COc1ccc(-c2nc3c(C)cccc3cc2CN(C)C)cc1OC. The number of aryl methyl sites for hydroxylation is 1. The monoisotopic (exact) mass is 336 g/mol. The Morgan fingerprint density at radius 3 is 2.40 bits per heavy atom. The molecule has 130 valence electrons. The second-order valence-electron chi connectivity index (χ2n) is 6.45. The molecule has 0 saturated carbocycles. The van der Waals surface area contributed by atoms with Crippen molar-refractivity contribution in [3.63, 3.8) is 0 Å². The zero-order valence-electron chi connectivity index (χ0n) is 15.5. The molecule has 0 atom stereocenters. The Labute approximate surface area is 149 Å². The maximum absolute atomic E-state index is 5.47. The van der Waals surface area contributed by atoms with Crippen LogP contribution in [0.25, 0.3) is 22.2 Å². The highest BCUT2D eigenvalue weighted by Crippen LogP contribution is 2.34. The summed E-state index contributed by atoms with van der Waals surface area (Å²) in [6.07, 6.45) is 0. The lowest BCUT2D eigenvalue weighted by Crippen LogP contribution is -2.12. The van der Waals surface area contributed by atoms with Crippen LogP contribution in [0, 0.1) is 6.92 Å². The number of para-hydroxylation sites is 1. The highest BCUT2D eigenvalue weighted by atomic mass is 16.5. The molecule has 0 saturated heterocycles. The predicted molar refractivity (Wildman–Crippen MR) is 102 cm³/mol. The molecule has 3 rings (SSSR count). The fraction of sp³-hybridized carbons (Fsp3) is 0.286. The van der Waals surface area contributed by atoms with Crippen molar-refractivity contribution in [2.24, 2.45) is 0 Å². The number of ether oxygens (including phenoxy) is 2. The predicted octanol–water partition coefficient (Wildman–Crippen LogP) is 4.29. The Morgan fingerprint density at radius 1 is 0.960 bits per heavy atom. The number of hydrogen-bond donors (Lipinski definition) is 0. The Morgan fingerprint density at radius 2 is 1.72 bits per heavy atom. The third-order valence-corrected chi connectivity index (χ3v) is 4.27. The minimum Gasteiger partial charge on any atom is -0.493 e. The van der Waals surface area contributed by atoms with Crippen molar-refractivity contribution in [1.29, 1.82) is 0 Å². The number of nitrogens with zero attached hydrogens (tertiary/aromatic N) is 2. The zero-order chi connectivity index (χ0) is 18.0. The van der Waals surface area contributed by atoms with E-state index in [0.29, 0.717) is 5.75 Å². The molecule has 4 nitrogen and oxygen atoms in total. The molecular weight excluding hydrogens is 312 g/mol. The van der Waals surface area contributed by atoms with Gasteiger partial charge in [-0.25, -0.2) is 4.98 Å². The minimum atomic E-state index is 0.711. The summed E-state index contributed by atoms with van der Waals surface area (Å²) in [5, 5.41) is 1.17. The van der Waals surface area contributed by atoms with Crippen LogP contribution >= 0.6 is 0 Å². The molecule has 0 radical (unpaired) electrons. The number of aromatic nitrogens is 1. The lowest BCUT2D eigenvalue weighted by molar-refractivity contribution is 0.355. The third-order valence-electron chi connectivity index (χ3n) is 4.27. The maximum Gasteiger partial charge on any atom is 0.161 e. The van der Waals surface area contributed by atoms with E-state index in [1.165, 1.54) is 16.5 Å². The van der Waals surface area contributed by atoms with Gasteiger partial charge >= 0.3 is 0 Å². The highest BCUT2D eigenvalue weighted by Gasteiger charge is 2.14. The van der Waals surface area contributed by atoms with Crippen molar-refractivity contribution in [2.75, 3.05) is 28.3 Å². The summed E-state index contributed by atoms with van der Waals surface area (Å²) >= 11 is 0. The zero-order valence-corrected chi connectivity index (χ0v) is 15.5. The van der Waals surface area contributed by atoms with Gasteiger partial charge in [0.1, 0.15) is 0 Å². The molecule has 0 aliphatic heterocycles. The van der Waals surface area contributed by atoms with Crippen molar-refractivity contribution in [1.82, 2.24) is 9.88 Å². The van der Waals surface area contributed by atoms with Gasteiger partial charge in [0, 0.05) is 17.5 Å². The number of fused-ring (bicyclic) bond motifs is 1. The average molecular weight is 336 g/mol. The van der Waals surface area contributed by atoms with E-state index < -0.39 is 0 Å². The fourth-order valence-electron chi connectivity index (χ4n) is 3.09. The number of rotatable bonds is 5. The van der Waals surface area contributed by atoms with Crippen LogP contribution in [0.3, 0.4) is 0 Å². The first kappa shape index (κ1) is 17.2. The van der Waals surface area contributed by atoms with Crippen LogP contribution in [-0.4, -0.2) is 38.2 Å².